The van der Waals surface area contributed by atoms with E-state index in [4.69, 9.17) is 11.6 Å². The molecule has 3 rings (SSSR count). The van der Waals surface area contributed by atoms with E-state index >= 15 is 0 Å². The molecule has 0 bridgehead atoms. The zero-order chi connectivity index (χ0) is 16.2. The molecular weight excluding hydrogens is 312 g/mol. The fourth-order valence-corrected chi connectivity index (χ4v) is 3.24. The highest BCUT2D eigenvalue weighted by Crippen LogP contribution is 2.24. The van der Waals surface area contributed by atoms with Gasteiger partial charge in [0.25, 0.3) is 5.91 Å². The molecular formula is C17H21ClN4O. The maximum Gasteiger partial charge on any atom is 0.271 e. The Balaban J connectivity index is 1.67. The van der Waals surface area contributed by atoms with E-state index in [1.165, 1.54) is 0 Å². The smallest absolute Gasteiger partial charge is 0.271 e. The Kier molecular flexibility index (Phi) is 4.98. The molecule has 0 aliphatic carbocycles. The highest BCUT2D eigenvalue weighted by molar-refractivity contribution is 6.31. The molecule has 1 amide bonds. The first-order valence-electron chi connectivity index (χ1n) is 7.90. The van der Waals surface area contributed by atoms with Gasteiger partial charge in [0.15, 0.2) is 0 Å². The lowest BCUT2D eigenvalue weighted by molar-refractivity contribution is 0.0955. The van der Waals surface area contributed by atoms with Gasteiger partial charge >= 0.3 is 0 Å². The van der Waals surface area contributed by atoms with Crippen LogP contribution in [0.15, 0.2) is 36.5 Å². The van der Waals surface area contributed by atoms with E-state index in [9.17, 15) is 4.79 Å². The molecule has 0 radical (unpaired) electrons. The second-order valence-electron chi connectivity index (χ2n) is 5.88. The lowest BCUT2D eigenvalue weighted by atomic mass is 10.0. The third-order valence-corrected chi connectivity index (χ3v) is 4.64. The van der Waals surface area contributed by atoms with Crippen molar-refractivity contribution in [3.05, 3.63) is 52.8 Å². The topological polar surface area (TPSA) is 50.2 Å². The minimum Gasteiger partial charge on any atom is -0.354 e. The summed E-state index contributed by atoms with van der Waals surface area (Å²) in [6.45, 7) is 2.82. The number of piperidine rings is 1. The Morgan fingerprint density at radius 3 is 3.00 bits per heavy atom. The molecule has 0 saturated carbocycles. The number of nitrogens with one attached hydrogen (secondary N) is 1. The summed E-state index contributed by atoms with van der Waals surface area (Å²) in [6.07, 6.45) is 4.09. The van der Waals surface area contributed by atoms with Gasteiger partial charge in [-0.2, -0.15) is 5.10 Å². The lowest BCUT2D eigenvalue weighted by Crippen LogP contribution is -2.36. The molecule has 1 N–H and O–H groups in total. The van der Waals surface area contributed by atoms with Crippen LogP contribution in [-0.2, 0) is 6.54 Å². The van der Waals surface area contributed by atoms with Crippen LogP contribution in [0.2, 0.25) is 5.02 Å². The molecule has 1 saturated heterocycles. The summed E-state index contributed by atoms with van der Waals surface area (Å²) >= 11 is 6.26. The monoisotopic (exact) mass is 332 g/mol. The van der Waals surface area contributed by atoms with Crippen LogP contribution in [0.25, 0.3) is 0 Å². The summed E-state index contributed by atoms with van der Waals surface area (Å²) in [7, 11) is 1.62. The second kappa shape index (κ2) is 7.15. The molecule has 2 heterocycles. The molecule has 5 nitrogen and oxygen atoms in total. The molecule has 122 valence electrons. The predicted octanol–water partition coefficient (Wildman–Crippen LogP) is 2.73. The van der Waals surface area contributed by atoms with Crippen LogP contribution >= 0.6 is 11.6 Å². The quantitative estimate of drug-likeness (QED) is 0.936. The van der Waals surface area contributed by atoms with Crippen molar-refractivity contribution < 1.29 is 4.79 Å². The largest absolute Gasteiger partial charge is 0.354 e. The highest BCUT2D eigenvalue weighted by atomic mass is 35.5. The van der Waals surface area contributed by atoms with Crippen molar-refractivity contribution in [3.8, 4) is 0 Å². The lowest BCUT2D eigenvalue weighted by Gasteiger charge is -2.33. The number of amides is 1. The third-order valence-electron chi connectivity index (χ3n) is 4.27. The first-order chi connectivity index (χ1) is 11.2. The molecule has 6 heteroatoms. The summed E-state index contributed by atoms with van der Waals surface area (Å²) in [5.41, 5.74) is 1.62. The molecule has 2 aromatic rings. The minimum absolute atomic E-state index is 0.146. The standard InChI is InChI=1S/C17H21ClN4O/c1-19-17(23)16-8-10-22(20-16)14-6-4-9-21(12-14)11-13-5-2-3-7-15(13)18/h2-3,5,7-8,10,14H,4,6,9,11-12H2,1H3,(H,19,23)/t14-/m0/s1. The normalized spacial score (nSPS) is 18.8. The highest BCUT2D eigenvalue weighted by Gasteiger charge is 2.23. The van der Waals surface area contributed by atoms with E-state index in [1.54, 1.807) is 13.1 Å². The Morgan fingerprint density at radius 1 is 1.39 bits per heavy atom. The molecule has 1 aliphatic heterocycles. The number of carbonyl (C=O) groups is 1. The van der Waals surface area contributed by atoms with Crippen LogP contribution in [0.3, 0.4) is 0 Å². The Labute approximate surface area is 141 Å². The van der Waals surface area contributed by atoms with Gasteiger partial charge in [-0.1, -0.05) is 29.8 Å². The second-order valence-corrected chi connectivity index (χ2v) is 6.29. The van der Waals surface area contributed by atoms with Gasteiger partial charge in [0.2, 0.25) is 0 Å². The van der Waals surface area contributed by atoms with Gasteiger partial charge in [-0.25, -0.2) is 0 Å². The van der Waals surface area contributed by atoms with Crippen molar-refractivity contribution in [2.75, 3.05) is 20.1 Å². The molecule has 1 aromatic heterocycles. The first-order valence-corrected chi connectivity index (χ1v) is 8.28. The number of likely N-dealkylation sites (tertiary alicyclic amines) is 1. The van der Waals surface area contributed by atoms with Gasteiger partial charge < -0.3 is 5.32 Å². The zero-order valence-corrected chi connectivity index (χ0v) is 14.0. The summed E-state index contributed by atoms with van der Waals surface area (Å²) in [5.74, 6) is -0.146. The van der Waals surface area contributed by atoms with E-state index < -0.39 is 0 Å². The van der Waals surface area contributed by atoms with Gasteiger partial charge in [-0.15, -0.1) is 0 Å². The third kappa shape index (κ3) is 3.74. The fourth-order valence-electron chi connectivity index (χ4n) is 3.05. The summed E-state index contributed by atoms with van der Waals surface area (Å²) in [4.78, 5) is 14.0. The molecule has 1 aromatic carbocycles. The van der Waals surface area contributed by atoms with E-state index in [0.29, 0.717) is 11.7 Å². The number of nitrogens with zero attached hydrogens (tertiary/aromatic N) is 3. The maximum absolute atomic E-state index is 11.6. The first kappa shape index (κ1) is 16.0. The van der Waals surface area contributed by atoms with E-state index in [0.717, 1.165) is 43.1 Å². The van der Waals surface area contributed by atoms with Crippen molar-refractivity contribution in [3.63, 3.8) is 0 Å². The van der Waals surface area contributed by atoms with Crippen molar-refractivity contribution >= 4 is 17.5 Å². The van der Waals surface area contributed by atoms with E-state index in [-0.39, 0.29) is 5.91 Å². The fraction of sp³-hybridized carbons (Fsp3) is 0.412. The van der Waals surface area contributed by atoms with E-state index in [2.05, 4.69) is 21.4 Å². The molecule has 1 aliphatic rings. The van der Waals surface area contributed by atoms with Gasteiger partial charge in [0.1, 0.15) is 5.69 Å². The SMILES string of the molecule is CNC(=O)c1ccn([C@H]2CCCN(Cc3ccccc3Cl)C2)n1. The number of hydrogen-bond acceptors (Lipinski definition) is 3. The van der Waals surface area contributed by atoms with Gasteiger partial charge in [0, 0.05) is 31.4 Å². The predicted molar refractivity (Wildman–Crippen MR) is 90.6 cm³/mol. The van der Waals surface area contributed by atoms with Crippen molar-refractivity contribution in [1.29, 1.82) is 0 Å². The van der Waals surface area contributed by atoms with Crippen molar-refractivity contribution in [2.24, 2.45) is 0 Å². The van der Waals surface area contributed by atoms with Gasteiger partial charge in [-0.05, 0) is 37.1 Å². The van der Waals surface area contributed by atoms with Gasteiger partial charge in [0.05, 0.1) is 6.04 Å². The average Bonchev–Trinajstić information content (AvgIpc) is 3.07. The van der Waals surface area contributed by atoms with Crippen LogP contribution in [-0.4, -0.2) is 40.7 Å². The Hall–Kier alpha value is -1.85. The van der Waals surface area contributed by atoms with Crippen LogP contribution < -0.4 is 5.32 Å². The molecule has 23 heavy (non-hydrogen) atoms. The molecule has 0 spiro atoms. The number of aromatic nitrogens is 2. The number of halogens is 1. The van der Waals surface area contributed by atoms with Gasteiger partial charge in [-0.3, -0.25) is 14.4 Å². The van der Waals surface area contributed by atoms with Crippen LogP contribution in [0.5, 0.6) is 0 Å². The number of hydrogen-bond donors (Lipinski definition) is 1. The van der Waals surface area contributed by atoms with Crippen molar-refractivity contribution in [2.45, 2.75) is 25.4 Å². The van der Waals surface area contributed by atoms with Crippen LogP contribution in [0.1, 0.15) is 34.9 Å². The average molecular weight is 333 g/mol. The Morgan fingerprint density at radius 2 is 2.22 bits per heavy atom. The van der Waals surface area contributed by atoms with Crippen LogP contribution in [0.4, 0.5) is 0 Å². The number of benzene rings is 1. The Bertz CT molecular complexity index is 685. The molecule has 1 fully saturated rings. The number of carbonyl (C=O) groups excluding carboxylic acids is 1. The zero-order valence-electron chi connectivity index (χ0n) is 13.2. The molecule has 1 atom stereocenters. The summed E-state index contributed by atoms with van der Waals surface area (Å²) in [5, 5.41) is 7.84. The minimum atomic E-state index is -0.146. The summed E-state index contributed by atoms with van der Waals surface area (Å²) in [6, 6.07) is 10.0. The number of rotatable bonds is 4. The summed E-state index contributed by atoms with van der Waals surface area (Å²) < 4.78 is 1.92. The van der Waals surface area contributed by atoms with Crippen molar-refractivity contribution in [1.82, 2.24) is 20.0 Å². The van der Waals surface area contributed by atoms with Crippen LogP contribution in [0, 0.1) is 0 Å². The maximum atomic E-state index is 11.6. The molecule has 0 unspecified atom stereocenters. The van der Waals surface area contributed by atoms with E-state index in [1.807, 2.05) is 29.1 Å².